The number of aromatic nitrogens is 3. The Bertz CT molecular complexity index is 799. The number of benzene rings is 1. The minimum absolute atomic E-state index is 0.521. The van der Waals surface area contributed by atoms with E-state index in [1.165, 1.54) is 31.4 Å². The number of nitrogens with zero attached hydrogens (tertiary/aromatic N) is 4. The van der Waals surface area contributed by atoms with Crippen LogP contribution in [0.15, 0.2) is 41.3 Å². The van der Waals surface area contributed by atoms with Crippen molar-refractivity contribution in [3.63, 3.8) is 0 Å². The van der Waals surface area contributed by atoms with Gasteiger partial charge in [-0.05, 0) is 50.0 Å². The Morgan fingerprint density at radius 1 is 1.18 bits per heavy atom. The summed E-state index contributed by atoms with van der Waals surface area (Å²) in [6.45, 7) is 3.66. The monoisotopic (exact) mass is 294 g/mol. The minimum Gasteiger partial charge on any atom is -0.445 e. The molecule has 0 N–H and O–H groups in total. The molecule has 112 valence electrons. The van der Waals surface area contributed by atoms with E-state index >= 15 is 0 Å². The lowest BCUT2D eigenvalue weighted by molar-refractivity contribution is 0.0534. The Balaban J connectivity index is 1.56. The molecule has 3 fully saturated rings. The highest BCUT2D eigenvalue weighted by Crippen LogP contribution is 2.37. The number of oxazole rings is 1. The Kier molecular flexibility index (Phi) is 2.64. The van der Waals surface area contributed by atoms with Crippen molar-refractivity contribution < 1.29 is 4.42 Å². The van der Waals surface area contributed by atoms with Crippen LogP contribution < -0.4 is 0 Å². The zero-order valence-electron chi connectivity index (χ0n) is 12.4. The molecule has 0 saturated carbocycles. The van der Waals surface area contributed by atoms with E-state index in [1.54, 1.807) is 12.5 Å². The first-order chi connectivity index (χ1) is 10.9. The van der Waals surface area contributed by atoms with Crippen molar-refractivity contribution in [3.8, 4) is 11.5 Å². The van der Waals surface area contributed by atoms with Crippen LogP contribution >= 0.6 is 0 Å². The Morgan fingerprint density at radius 2 is 2.09 bits per heavy atom. The fourth-order valence-corrected chi connectivity index (χ4v) is 4.03. The van der Waals surface area contributed by atoms with Gasteiger partial charge in [0.2, 0.25) is 5.89 Å². The normalized spacial score (nSPS) is 27.5. The summed E-state index contributed by atoms with van der Waals surface area (Å²) in [5.74, 6) is 1.44. The summed E-state index contributed by atoms with van der Waals surface area (Å²) >= 11 is 0. The van der Waals surface area contributed by atoms with Gasteiger partial charge in [0.15, 0.2) is 0 Å². The van der Waals surface area contributed by atoms with E-state index in [2.05, 4.69) is 32.8 Å². The van der Waals surface area contributed by atoms with Crippen LogP contribution in [0.25, 0.3) is 22.4 Å². The van der Waals surface area contributed by atoms with Crippen molar-refractivity contribution in [1.29, 1.82) is 0 Å². The van der Waals surface area contributed by atoms with Gasteiger partial charge in [0.05, 0.1) is 24.0 Å². The van der Waals surface area contributed by atoms with Crippen LogP contribution in [-0.2, 0) is 0 Å². The second kappa shape index (κ2) is 4.68. The molecule has 3 aliphatic rings. The first-order valence-corrected chi connectivity index (χ1v) is 7.98. The van der Waals surface area contributed by atoms with Gasteiger partial charge in [0.25, 0.3) is 0 Å². The molecular formula is C17H18N4O. The lowest BCUT2D eigenvalue weighted by atomic mass is 9.84. The van der Waals surface area contributed by atoms with Gasteiger partial charge in [0, 0.05) is 17.5 Å². The molecule has 3 aliphatic heterocycles. The van der Waals surface area contributed by atoms with Gasteiger partial charge in [-0.25, -0.2) is 4.98 Å². The van der Waals surface area contributed by atoms with Crippen LogP contribution in [0, 0.1) is 5.92 Å². The molecule has 0 radical (unpaired) electrons. The maximum absolute atomic E-state index is 5.39. The van der Waals surface area contributed by atoms with E-state index in [0.717, 1.165) is 23.4 Å². The standard InChI is InChI=1S/C17H18N4O/c1-2-15-14(9-13(1)17-18-5-8-22-17)10-19-21(15)16-11-20-6-3-12(16)4-7-20/h1-2,5,8-10,12,16H,3-4,6-7,11H2/t16-/m0/s1. The van der Waals surface area contributed by atoms with E-state index in [4.69, 9.17) is 9.52 Å². The summed E-state index contributed by atoms with van der Waals surface area (Å²) in [6, 6.07) is 6.87. The molecule has 5 heteroatoms. The third kappa shape index (κ3) is 1.82. The van der Waals surface area contributed by atoms with Gasteiger partial charge in [-0.2, -0.15) is 5.10 Å². The molecule has 3 aromatic rings. The van der Waals surface area contributed by atoms with Crippen LogP contribution in [0.4, 0.5) is 0 Å². The second-order valence-corrected chi connectivity index (χ2v) is 6.41. The van der Waals surface area contributed by atoms with Crippen LogP contribution in [-0.4, -0.2) is 39.3 Å². The fourth-order valence-electron chi connectivity index (χ4n) is 4.03. The van der Waals surface area contributed by atoms with Crippen molar-refractivity contribution in [2.75, 3.05) is 19.6 Å². The van der Waals surface area contributed by atoms with Crippen LogP contribution in [0.2, 0.25) is 0 Å². The van der Waals surface area contributed by atoms with Gasteiger partial charge in [0.1, 0.15) is 6.26 Å². The molecule has 1 atom stereocenters. The summed E-state index contributed by atoms with van der Waals surface area (Å²) < 4.78 is 7.63. The number of rotatable bonds is 2. The second-order valence-electron chi connectivity index (χ2n) is 6.41. The predicted octanol–water partition coefficient (Wildman–Crippen LogP) is 2.96. The fraction of sp³-hybridized carbons (Fsp3) is 0.412. The van der Waals surface area contributed by atoms with Crippen molar-refractivity contribution in [2.24, 2.45) is 5.92 Å². The van der Waals surface area contributed by atoms with Crippen molar-refractivity contribution in [1.82, 2.24) is 19.7 Å². The largest absolute Gasteiger partial charge is 0.445 e. The Morgan fingerprint density at radius 3 is 2.82 bits per heavy atom. The first-order valence-electron chi connectivity index (χ1n) is 7.98. The lowest BCUT2D eigenvalue weighted by Crippen LogP contribution is -2.48. The Labute approximate surface area is 128 Å². The Hall–Kier alpha value is -2.14. The molecule has 0 unspecified atom stereocenters. The van der Waals surface area contributed by atoms with E-state index in [-0.39, 0.29) is 0 Å². The molecule has 0 spiro atoms. The summed E-state index contributed by atoms with van der Waals surface area (Å²) in [6.07, 6.45) is 7.87. The van der Waals surface area contributed by atoms with Crippen LogP contribution in [0.5, 0.6) is 0 Å². The van der Waals surface area contributed by atoms with E-state index in [1.807, 2.05) is 6.20 Å². The van der Waals surface area contributed by atoms with Crippen LogP contribution in [0.1, 0.15) is 18.9 Å². The highest BCUT2D eigenvalue weighted by atomic mass is 16.3. The molecule has 0 aliphatic carbocycles. The maximum Gasteiger partial charge on any atom is 0.225 e. The van der Waals surface area contributed by atoms with Gasteiger partial charge in [-0.15, -0.1) is 0 Å². The number of piperidine rings is 3. The summed E-state index contributed by atoms with van der Waals surface area (Å²) in [5.41, 5.74) is 2.22. The van der Waals surface area contributed by atoms with Crippen LogP contribution in [0.3, 0.4) is 0 Å². The van der Waals surface area contributed by atoms with Gasteiger partial charge in [-0.3, -0.25) is 4.68 Å². The van der Waals surface area contributed by atoms with Crippen molar-refractivity contribution >= 4 is 10.9 Å². The van der Waals surface area contributed by atoms with Gasteiger partial charge >= 0.3 is 0 Å². The molecule has 5 nitrogen and oxygen atoms in total. The maximum atomic E-state index is 5.39. The molecule has 22 heavy (non-hydrogen) atoms. The minimum atomic E-state index is 0.521. The van der Waals surface area contributed by atoms with E-state index < -0.39 is 0 Å². The highest BCUT2D eigenvalue weighted by molar-refractivity contribution is 5.83. The average Bonchev–Trinajstić information content (AvgIpc) is 3.25. The van der Waals surface area contributed by atoms with Crippen molar-refractivity contribution in [3.05, 3.63) is 36.9 Å². The van der Waals surface area contributed by atoms with E-state index in [9.17, 15) is 0 Å². The zero-order valence-corrected chi connectivity index (χ0v) is 12.4. The molecule has 1 aromatic carbocycles. The average molecular weight is 294 g/mol. The van der Waals surface area contributed by atoms with E-state index in [0.29, 0.717) is 11.9 Å². The third-order valence-electron chi connectivity index (χ3n) is 5.21. The van der Waals surface area contributed by atoms with Gasteiger partial charge < -0.3 is 9.32 Å². The molecule has 2 bridgehead atoms. The summed E-state index contributed by atoms with van der Waals surface area (Å²) in [5, 5.41) is 5.86. The highest BCUT2D eigenvalue weighted by Gasteiger charge is 2.36. The van der Waals surface area contributed by atoms with Crippen molar-refractivity contribution in [2.45, 2.75) is 18.9 Å². The molecule has 2 aromatic heterocycles. The molecule has 5 heterocycles. The number of fused-ring (bicyclic) bond motifs is 4. The third-order valence-corrected chi connectivity index (χ3v) is 5.21. The van der Waals surface area contributed by atoms with Gasteiger partial charge in [-0.1, -0.05) is 0 Å². The summed E-state index contributed by atoms with van der Waals surface area (Å²) in [4.78, 5) is 6.79. The topological polar surface area (TPSA) is 47.1 Å². The quantitative estimate of drug-likeness (QED) is 0.729. The molecule has 6 rings (SSSR count). The number of hydrogen-bond donors (Lipinski definition) is 0. The first kappa shape index (κ1) is 12.4. The zero-order chi connectivity index (χ0) is 14.5. The predicted molar refractivity (Wildman–Crippen MR) is 83.4 cm³/mol. The molecular weight excluding hydrogens is 276 g/mol. The SMILES string of the molecule is c1coc(-c2ccc3c(cnn3[C@H]3CN4CCC3CC4)c2)n1. The summed E-state index contributed by atoms with van der Waals surface area (Å²) in [7, 11) is 0. The molecule has 3 saturated heterocycles. The smallest absolute Gasteiger partial charge is 0.225 e. The number of hydrogen-bond acceptors (Lipinski definition) is 4. The lowest BCUT2D eigenvalue weighted by Gasteiger charge is -2.44. The molecule has 0 amide bonds.